The van der Waals surface area contributed by atoms with E-state index in [1.807, 2.05) is 37.3 Å². The first-order chi connectivity index (χ1) is 18.5. The number of nitrogens with one attached hydrogen (secondary N) is 1. The van der Waals surface area contributed by atoms with Gasteiger partial charge in [0.15, 0.2) is 5.58 Å². The number of anilines is 1. The Bertz CT molecular complexity index is 1790. The van der Waals surface area contributed by atoms with Crippen LogP contribution < -0.4 is 10.5 Å². The molecule has 0 fully saturated rings. The lowest BCUT2D eigenvalue weighted by atomic mass is 9.92. The van der Waals surface area contributed by atoms with Crippen LogP contribution in [0, 0.1) is 12.9 Å². The Morgan fingerprint density at radius 2 is 1.95 bits per heavy atom. The van der Waals surface area contributed by atoms with E-state index in [-0.39, 0.29) is 22.8 Å². The van der Waals surface area contributed by atoms with Crippen LogP contribution in [-0.4, -0.2) is 47.2 Å². The highest BCUT2D eigenvalue weighted by atomic mass is 32.2. The molecule has 0 saturated heterocycles. The highest BCUT2D eigenvalue weighted by Gasteiger charge is 2.25. The van der Waals surface area contributed by atoms with Crippen molar-refractivity contribution in [1.29, 1.82) is 0 Å². The number of nitrogens with zero attached hydrogens (tertiary/aromatic N) is 3. The fourth-order valence-corrected chi connectivity index (χ4v) is 6.10. The Hall–Kier alpha value is -4.45. The number of hydrogen-bond donors (Lipinski definition) is 2. The van der Waals surface area contributed by atoms with Gasteiger partial charge >= 0.3 is 11.8 Å². The van der Waals surface area contributed by atoms with Crippen LogP contribution in [0.3, 0.4) is 0 Å². The largest absolute Gasteiger partial charge is 0.465 e. The topological polar surface area (TPSA) is 135 Å². The molecule has 0 aliphatic carbocycles. The molecule has 0 radical (unpaired) electrons. The Labute approximate surface area is 223 Å². The lowest BCUT2D eigenvalue weighted by Gasteiger charge is -2.26. The molecular formula is C27H25FN4O6S. The summed E-state index contributed by atoms with van der Waals surface area (Å²) in [6, 6.07) is 13.7. The fraction of sp³-hybridized carbons (Fsp3) is 0.222. The number of sulfonamides is 1. The van der Waals surface area contributed by atoms with Crippen LogP contribution in [0.25, 0.3) is 16.7 Å². The molecule has 0 spiro atoms. The van der Waals surface area contributed by atoms with Gasteiger partial charge in [0.2, 0.25) is 5.95 Å². The molecule has 1 amide bonds. The summed E-state index contributed by atoms with van der Waals surface area (Å²) < 4.78 is 48.8. The number of carboxylic acid groups (broad SMARTS) is 1. The molecule has 4 aromatic rings. The number of carbonyl (C=O) groups is 1. The summed E-state index contributed by atoms with van der Waals surface area (Å²) in [6.07, 6.45) is 1.44. The van der Waals surface area contributed by atoms with Crippen LogP contribution in [0.15, 0.2) is 74.8 Å². The van der Waals surface area contributed by atoms with Gasteiger partial charge in [-0.15, -0.1) is 0 Å². The number of oxazole rings is 1. The normalized spacial score (nSPS) is 14.7. The van der Waals surface area contributed by atoms with E-state index in [4.69, 9.17) is 4.42 Å². The molecule has 2 aromatic carbocycles. The van der Waals surface area contributed by atoms with Crippen molar-refractivity contribution in [1.82, 2.24) is 14.5 Å². The highest BCUT2D eigenvalue weighted by molar-refractivity contribution is 7.92. The number of aromatic nitrogens is 2. The number of rotatable bonds is 6. The van der Waals surface area contributed by atoms with Crippen LogP contribution in [0.2, 0.25) is 0 Å². The van der Waals surface area contributed by atoms with Gasteiger partial charge in [-0.2, -0.15) is 4.39 Å². The van der Waals surface area contributed by atoms with Crippen molar-refractivity contribution in [3.8, 4) is 0 Å². The van der Waals surface area contributed by atoms with Gasteiger partial charge in [-0.05, 0) is 60.7 Å². The van der Waals surface area contributed by atoms with Crippen LogP contribution in [0.4, 0.5) is 15.0 Å². The van der Waals surface area contributed by atoms with Crippen molar-refractivity contribution < 1.29 is 27.1 Å². The molecule has 10 nitrogen and oxygen atoms in total. The van der Waals surface area contributed by atoms with Crippen molar-refractivity contribution >= 4 is 38.6 Å². The average Bonchev–Trinajstić information content (AvgIpc) is 3.22. The molecule has 0 bridgehead atoms. The predicted octanol–water partition coefficient (Wildman–Crippen LogP) is 4.61. The zero-order valence-corrected chi connectivity index (χ0v) is 21.9. The van der Waals surface area contributed by atoms with Crippen molar-refractivity contribution in [3.63, 3.8) is 0 Å². The first-order valence-electron chi connectivity index (χ1n) is 12.1. The zero-order valence-electron chi connectivity index (χ0n) is 21.1. The maximum Gasteiger partial charge on any atom is 0.420 e. The molecule has 1 unspecified atom stereocenters. The van der Waals surface area contributed by atoms with E-state index < -0.39 is 33.9 Å². The molecule has 2 aromatic heterocycles. The molecule has 1 atom stereocenters. The van der Waals surface area contributed by atoms with E-state index >= 15 is 0 Å². The first-order valence-corrected chi connectivity index (χ1v) is 13.6. The van der Waals surface area contributed by atoms with Gasteiger partial charge in [-0.3, -0.25) is 9.29 Å². The number of halogens is 1. The molecule has 39 heavy (non-hydrogen) atoms. The van der Waals surface area contributed by atoms with Gasteiger partial charge in [0.25, 0.3) is 10.0 Å². The van der Waals surface area contributed by atoms with Gasteiger partial charge < -0.3 is 14.4 Å². The zero-order chi connectivity index (χ0) is 27.9. The Morgan fingerprint density at radius 3 is 2.64 bits per heavy atom. The van der Waals surface area contributed by atoms with Crippen LogP contribution in [0.5, 0.6) is 0 Å². The third-order valence-electron chi connectivity index (χ3n) is 6.78. The molecule has 202 valence electrons. The maximum absolute atomic E-state index is 13.5. The van der Waals surface area contributed by atoms with Crippen molar-refractivity contribution in [3.05, 3.63) is 93.9 Å². The quantitative estimate of drug-likeness (QED) is 0.334. The molecule has 5 rings (SSSR count). The Kier molecular flexibility index (Phi) is 6.73. The van der Waals surface area contributed by atoms with Crippen LogP contribution in [-0.2, 0) is 10.0 Å². The van der Waals surface area contributed by atoms with Crippen LogP contribution in [0.1, 0.15) is 36.1 Å². The standard InChI is InChI=1S/C27H25FN4O6S/c1-16-14-21-22(15-23(16)39(36,37)30-25-9-5-8-24(28)29-25)38-27(35)32(21)17(2)19-6-3-4-7-20(19)18-10-12-31(13-11-18)26(33)34/h3-10,14-15,17H,11-13H2,1-2H3,(H,29,30)(H,33,34). The number of hydrogen-bond acceptors (Lipinski definition) is 6. The first kappa shape index (κ1) is 26.2. The molecule has 1 aliphatic rings. The van der Waals surface area contributed by atoms with E-state index in [1.165, 1.54) is 27.7 Å². The van der Waals surface area contributed by atoms with E-state index in [0.717, 1.165) is 22.8 Å². The monoisotopic (exact) mass is 552 g/mol. The predicted molar refractivity (Wildman–Crippen MR) is 143 cm³/mol. The maximum atomic E-state index is 13.5. The molecular weight excluding hydrogens is 527 g/mol. The van der Waals surface area contributed by atoms with Crippen LogP contribution >= 0.6 is 0 Å². The lowest BCUT2D eigenvalue weighted by Crippen LogP contribution is -2.33. The number of aryl methyl sites for hydroxylation is 1. The number of fused-ring (bicyclic) bond motifs is 1. The second kappa shape index (κ2) is 10.0. The van der Waals surface area contributed by atoms with E-state index in [9.17, 15) is 27.5 Å². The molecule has 2 N–H and O–H groups in total. The van der Waals surface area contributed by atoms with Gasteiger partial charge in [0.05, 0.1) is 16.5 Å². The van der Waals surface area contributed by atoms with Gasteiger partial charge in [-0.25, -0.2) is 23.0 Å². The van der Waals surface area contributed by atoms with Gasteiger partial charge in [0, 0.05) is 19.2 Å². The molecule has 12 heteroatoms. The molecule has 1 aliphatic heterocycles. The second-order valence-corrected chi connectivity index (χ2v) is 10.9. The van der Waals surface area contributed by atoms with E-state index in [0.29, 0.717) is 24.0 Å². The number of pyridine rings is 1. The Balaban J connectivity index is 1.53. The smallest absolute Gasteiger partial charge is 0.420 e. The van der Waals surface area contributed by atoms with Gasteiger partial charge in [-0.1, -0.05) is 36.4 Å². The van der Waals surface area contributed by atoms with E-state index in [2.05, 4.69) is 9.71 Å². The Morgan fingerprint density at radius 1 is 1.18 bits per heavy atom. The fourth-order valence-electron chi connectivity index (χ4n) is 4.86. The minimum Gasteiger partial charge on any atom is -0.465 e. The summed E-state index contributed by atoms with van der Waals surface area (Å²) >= 11 is 0. The van der Waals surface area contributed by atoms with Gasteiger partial charge in [0.1, 0.15) is 5.82 Å². The lowest BCUT2D eigenvalue weighted by molar-refractivity contribution is 0.150. The van der Waals surface area contributed by atoms with Crippen molar-refractivity contribution in [2.75, 3.05) is 17.8 Å². The van der Waals surface area contributed by atoms with E-state index in [1.54, 1.807) is 13.0 Å². The summed E-state index contributed by atoms with van der Waals surface area (Å²) in [5.74, 6) is -1.67. The van der Waals surface area contributed by atoms with Crippen molar-refractivity contribution in [2.24, 2.45) is 0 Å². The third-order valence-corrected chi connectivity index (χ3v) is 8.27. The average molecular weight is 553 g/mol. The van der Waals surface area contributed by atoms with Crippen molar-refractivity contribution in [2.45, 2.75) is 31.2 Å². The second-order valence-electron chi connectivity index (χ2n) is 9.25. The third kappa shape index (κ3) is 5.02. The summed E-state index contributed by atoms with van der Waals surface area (Å²) in [5, 5.41) is 9.26. The summed E-state index contributed by atoms with van der Waals surface area (Å²) in [7, 11) is -4.16. The SMILES string of the molecule is Cc1cc2c(cc1S(=O)(=O)Nc1cccc(F)n1)oc(=O)n2C(C)c1ccccc1C1=CCN(C(=O)O)CC1. The highest BCUT2D eigenvalue weighted by Crippen LogP contribution is 2.33. The molecule has 3 heterocycles. The minimum atomic E-state index is -4.16. The minimum absolute atomic E-state index is 0.0801. The summed E-state index contributed by atoms with van der Waals surface area (Å²) in [6.45, 7) is 4.08. The number of amides is 1. The summed E-state index contributed by atoms with van der Waals surface area (Å²) in [5.41, 5.74) is 3.57. The molecule has 0 saturated carbocycles. The number of benzene rings is 2. The summed E-state index contributed by atoms with van der Waals surface area (Å²) in [4.78, 5) is 29.1.